The van der Waals surface area contributed by atoms with Crippen LogP contribution in [0.25, 0.3) is 0 Å². The van der Waals surface area contributed by atoms with E-state index in [9.17, 15) is 0 Å². The Labute approximate surface area is 112 Å². The van der Waals surface area contributed by atoms with E-state index in [0.717, 1.165) is 18.8 Å². The maximum atomic E-state index is 6.80. The molecule has 0 aromatic heterocycles. The van der Waals surface area contributed by atoms with Crippen LogP contribution in [-0.4, -0.2) is 0 Å². The minimum atomic E-state index is -0.0817. The van der Waals surface area contributed by atoms with Crippen LogP contribution >= 0.6 is 0 Å². The van der Waals surface area contributed by atoms with Gasteiger partial charge in [0, 0.05) is 5.54 Å². The molecule has 0 aliphatic heterocycles. The molecule has 2 rings (SSSR count). The van der Waals surface area contributed by atoms with Crippen LogP contribution < -0.4 is 5.73 Å². The summed E-state index contributed by atoms with van der Waals surface area (Å²) in [4.78, 5) is 0. The first-order valence-corrected chi connectivity index (χ1v) is 7.53. The van der Waals surface area contributed by atoms with E-state index in [4.69, 9.17) is 5.73 Å². The largest absolute Gasteiger partial charge is 0.321 e. The first-order chi connectivity index (χ1) is 8.65. The van der Waals surface area contributed by atoms with Gasteiger partial charge in [0.15, 0.2) is 0 Å². The van der Waals surface area contributed by atoms with Crippen LogP contribution in [0.15, 0.2) is 24.3 Å². The van der Waals surface area contributed by atoms with Gasteiger partial charge in [-0.15, -0.1) is 0 Å². The number of hydrogen-bond acceptors (Lipinski definition) is 1. The second-order valence-electron chi connectivity index (χ2n) is 6.12. The normalized spacial score (nSPS) is 25.3. The van der Waals surface area contributed by atoms with Gasteiger partial charge in [-0.2, -0.15) is 0 Å². The van der Waals surface area contributed by atoms with Crippen LogP contribution in [0.2, 0.25) is 0 Å². The smallest absolute Gasteiger partial charge is 0.0414 e. The number of nitrogens with two attached hydrogens (primary N) is 1. The first-order valence-electron chi connectivity index (χ1n) is 7.53. The lowest BCUT2D eigenvalue weighted by atomic mass is 9.78. The minimum absolute atomic E-state index is 0.0817. The van der Waals surface area contributed by atoms with Gasteiger partial charge in [0.1, 0.15) is 0 Å². The summed E-state index contributed by atoms with van der Waals surface area (Å²) in [5.41, 5.74) is 9.63. The Morgan fingerprint density at radius 3 is 2.83 bits per heavy atom. The summed E-state index contributed by atoms with van der Waals surface area (Å²) < 4.78 is 0. The molecule has 1 aromatic rings. The van der Waals surface area contributed by atoms with E-state index in [-0.39, 0.29) is 5.54 Å². The Hall–Kier alpha value is -0.820. The van der Waals surface area contributed by atoms with Crippen molar-refractivity contribution in [1.82, 2.24) is 0 Å². The lowest BCUT2D eigenvalue weighted by Crippen LogP contribution is -2.38. The zero-order valence-electron chi connectivity index (χ0n) is 11.9. The Morgan fingerprint density at radius 2 is 2.06 bits per heavy atom. The summed E-state index contributed by atoms with van der Waals surface area (Å²) in [6.07, 6.45) is 8.61. The molecule has 0 radical (unpaired) electrons. The van der Waals surface area contributed by atoms with Crippen molar-refractivity contribution in [2.75, 3.05) is 0 Å². The molecule has 1 heteroatoms. The second-order valence-corrected chi connectivity index (χ2v) is 6.12. The fraction of sp³-hybridized carbons (Fsp3) is 0.647. The molecule has 0 fully saturated rings. The first kappa shape index (κ1) is 13.6. The maximum absolute atomic E-state index is 6.80. The fourth-order valence-corrected chi connectivity index (χ4v) is 3.54. The molecule has 0 amide bonds. The summed E-state index contributed by atoms with van der Waals surface area (Å²) in [5.74, 6) is 0.728. The molecule has 1 aliphatic rings. The molecule has 18 heavy (non-hydrogen) atoms. The summed E-state index contributed by atoms with van der Waals surface area (Å²) in [6, 6.07) is 8.84. The van der Waals surface area contributed by atoms with Gasteiger partial charge in [-0.1, -0.05) is 57.4 Å². The van der Waals surface area contributed by atoms with E-state index in [2.05, 4.69) is 38.1 Å². The van der Waals surface area contributed by atoms with Crippen LogP contribution in [0.4, 0.5) is 0 Å². The van der Waals surface area contributed by atoms with E-state index >= 15 is 0 Å². The van der Waals surface area contributed by atoms with Gasteiger partial charge >= 0.3 is 0 Å². The minimum Gasteiger partial charge on any atom is -0.321 e. The highest BCUT2D eigenvalue weighted by atomic mass is 14.7. The van der Waals surface area contributed by atoms with E-state index < -0.39 is 0 Å². The maximum Gasteiger partial charge on any atom is 0.0414 e. The summed E-state index contributed by atoms with van der Waals surface area (Å²) in [7, 11) is 0. The average Bonchev–Trinajstić information content (AvgIpc) is 2.50. The Bertz CT molecular complexity index is 385. The molecule has 1 nitrogen and oxygen atoms in total. The average molecular weight is 245 g/mol. The quantitative estimate of drug-likeness (QED) is 0.782. The molecule has 0 spiro atoms. The summed E-state index contributed by atoms with van der Waals surface area (Å²) in [5, 5.41) is 0. The highest BCUT2D eigenvalue weighted by molar-refractivity contribution is 5.34. The van der Waals surface area contributed by atoms with Gasteiger partial charge in [-0.3, -0.25) is 0 Å². The Morgan fingerprint density at radius 1 is 1.28 bits per heavy atom. The molecule has 2 atom stereocenters. The van der Waals surface area contributed by atoms with Crippen LogP contribution in [0.3, 0.4) is 0 Å². The van der Waals surface area contributed by atoms with Crippen molar-refractivity contribution >= 4 is 0 Å². The number of fused-ring (bicyclic) bond motifs is 1. The SMILES string of the molecule is CCCC(C)CC1(N)CCCCc2ccccc21. The Balaban J connectivity index is 2.25. The van der Waals surface area contributed by atoms with Gasteiger partial charge < -0.3 is 5.73 Å². The van der Waals surface area contributed by atoms with Crippen molar-refractivity contribution in [3.05, 3.63) is 35.4 Å². The molecule has 2 unspecified atom stereocenters. The van der Waals surface area contributed by atoms with Crippen molar-refractivity contribution in [1.29, 1.82) is 0 Å². The van der Waals surface area contributed by atoms with Crippen molar-refractivity contribution in [2.24, 2.45) is 11.7 Å². The third kappa shape index (κ3) is 2.95. The van der Waals surface area contributed by atoms with Crippen LogP contribution in [0, 0.1) is 5.92 Å². The predicted molar refractivity (Wildman–Crippen MR) is 78.6 cm³/mol. The number of rotatable bonds is 4. The van der Waals surface area contributed by atoms with Crippen LogP contribution in [0.1, 0.15) is 63.5 Å². The van der Waals surface area contributed by atoms with Gasteiger partial charge in [0.2, 0.25) is 0 Å². The molecular formula is C17H27N. The van der Waals surface area contributed by atoms with E-state index in [1.807, 2.05) is 0 Å². The zero-order valence-corrected chi connectivity index (χ0v) is 11.9. The molecular weight excluding hydrogens is 218 g/mol. The van der Waals surface area contributed by atoms with Crippen LogP contribution in [-0.2, 0) is 12.0 Å². The molecule has 100 valence electrons. The van der Waals surface area contributed by atoms with Crippen LogP contribution in [0.5, 0.6) is 0 Å². The molecule has 0 heterocycles. The Kier molecular flexibility index (Phi) is 4.45. The molecule has 0 saturated carbocycles. The lowest BCUT2D eigenvalue weighted by molar-refractivity contribution is 0.300. The molecule has 1 aromatic carbocycles. The van der Waals surface area contributed by atoms with Gasteiger partial charge in [0.25, 0.3) is 0 Å². The molecule has 2 N–H and O–H groups in total. The molecule has 0 bridgehead atoms. The van der Waals surface area contributed by atoms with Crippen molar-refractivity contribution < 1.29 is 0 Å². The number of aryl methyl sites for hydroxylation is 1. The predicted octanol–water partition coefficient (Wildman–Crippen LogP) is 4.39. The third-order valence-electron chi connectivity index (χ3n) is 4.37. The zero-order chi connectivity index (χ0) is 13.0. The van der Waals surface area contributed by atoms with E-state index in [1.165, 1.54) is 43.2 Å². The van der Waals surface area contributed by atoms with Gasteiger partial charge in [-0.05, 0) is 42.7 Å². The monoisotopic (exact) mass is 245 g/mol. The van der Waals surface area contributed by atoms with Gasteiger partial charge in [-0.25, -0.2) is 0 Å². The second kappa shape index (κ2) is 5.88. The fourth-order valence-electron chi connectivity index (χ4n) is 3.54. The van der Waals surface area contributed by atoms with Gasteiger partial charge in [0.05, 0.1) is 0 Å². The summed E-state index contributed by atoms with van der Waals surface area (Å²) >= 11 is 0. The number of hydrogen-bond donors (Lipinski definition) is 1. The third-order valence-corrected chi connectivity index (χ3v) is 4.37. The standard InChI is InChI=1S/C17H27N/c1-3-8-14(2)13-17(18)12-7-6-10-15-9-4-5-11-16(15)17/h4-5,9,11,14H,3,6-8,10,12-13,18H2,1-2H3. The van der Waals surface area contributed by atoms with E-state index in [1.54, 1.807) is 0 Å². The van der Waals surface area contributed by atoms with E-state index in [0.29, 0.717) is 0 Å². The topological polar surface area (TPSA) is 26.0 Å². The van der Waals surface area contributed by atoms with Crippen molar-refractivity contribution in [3.63, 3.8) is 0 Å². The van der Waals surface area contributed by atoms with Crippen molar-refractivity contribution in [3.8, 4) is 0 Å². The highest BCUT2D eigenvalue weighted by Crippen LogP contribution is 2.37. The van der Waals surface area contributed by atoms with Crippen molar-refractivity contribution in [2.45, 2.75) is 64.3 Å². The molecule has 1 aliphatic carbocycles. The lowest BCUT2D eigenvalue weighted by Gasteiger charge is -2.33. The summed E-state index contributed by atoms with van der Waals surface area (Å²) in [6.45, 7) is 4.62. The molecule has 0 saturated heterocycles. The highest BCUT2D eigenvalue weighted by Gasteiger charge is 2.32. The number of benzene rings is 1.